The van der Waals surface area contributed by atoms with Crippen LogP contribution in [0, 0.1) is 11.6 Å². The van der Waals surface area contributed by atoms with Crippen molar-refractivity contribution >= 4 is 22.9 Å². The molecule has 0 aromatic heterocycles. The van der Waals surface area contributed by atoms with Gasteiger partial charge in [0.05, 0.1) is 0 Å². The first kappa shape index (κ1) is 14.1. The first-order valence-electron chi connectivity index (χ1n) is 6.21. The molecule has 0 radical (unpaired) electrons. The van der Waals surface area contributed by atoms with Crippen LogP contribution in [0.5, 0.6) is 0 Å². The highest BCUT2D eigenvalue weighted by atomic mass is 32.1. The lowest BCUT2D eigenvalue weighted by atomic mass is 10.0. The van der Waals surface area contributed by atoms with E-state index in [0.29, 0.717) is 0 Å². The molecule has 0 bridgehead atoms. The highest BCUT2D eigenvalue weighted by molar-refractivity contribution is 7.80. The minimum Gasteiger partial charge on any atom is -0.389 e. The number of nitrogens with zero attached hydrogens (tertiary/aromatic N) is 1. The summed E-state index contributed by atoms with van der Waals surface area (Å²) in [5, 5.41) is 2.94. The van der Waals surface area contributed by atoms with Gasteiger partial charge >= 0.3 is 0 Å². The van der Waals surface area contributed by atoms with Crippen molar-refractivity contribution in [2.24, 2.45) is 5.73 Å². The lowest BCUT2D eigenvalue weighted by Gasteiger charge is -2.30. The molecule has 3 nitrogen and oxygen atoms in total. The zero-order chi connectivity index (χ0) is 14.0. The molecule has 1 aliphatic heterocycles. The van der Waals surface area contributed by atoms with Crippen molar-refractivity contribution < 1.29 is 8.78 Å². The number of likely N-dealkylation sites (tertiary alicyclic amines) is 1. The highest BCUT2D eigenvalue weighted by Gasteiger charge is 2.20. The molecule has 0 amide bonds. The summed E-state index contributed by atoms with van der Waals surface area (Å²) in [5.74, 6) is -1.30. The van der Waals surface area contributed by atoms with Gasteiger partial charge in [0.25, 0.3) is 0 Å². The predicted molar refractivity (Wildman–Crippen MR) is 76.4 cm³/mol. The van der Waals surface area contributed by atoms with Crippen LogP contribution in [0.1, 0.15) is 18.4 Å². The maximum atomic E-state index is 13.9. The van der Waals surface area contributed by atoms with Crippen LogP contribution in [0.4, 0.5) is 14.5 Å². The first-order valence-corrected chi connectivity index (χ1v) is 6.62. The third kappa shape index (κ3) is 3.39. The number of halogens is 2. The van der Waals surface area contributed by atoms with E-state index in [1.807, 2.05) is 7.05 Å². The monoisotopic (exact) mass is 285 g/mol. The normalized spacial score (nSPS) is 17.4. The van der Waals surface area contributed by atoms with Gasteiger partial charge in [-0.15, -0.1) is 0 Å². The Morgan fingerprint density at radius 2 is 1.84 bits per heavy atom. The van der Waals surface area contributed by atoms with Crippen molar-refractivity contribution in [3.63, 3.8) is 0 Å². The zero-order valence-corrected chi connectivity index (χ0v) is 11.6. The van der Waals surface area contributed by atoms with Crippen LogP contribution in [0.3, 0.4) is 0 Å². The van der Waals surface area contributed by atoms with Gasteiger partial charge < -0.3 is 16.0 Å². The third-order valence-corrected chi connectivity index (χ3v) is 3.63. The van der Waals surface area contributed by atoms with E-state index in [4.69, 9.17) is 18.0 Å². The Hall–Kier alpha value is -1.27. The average Bonchev–Trinajstić information content (AvgIpc) is 2.35. The molecular formula is C13H17F2N3S. The first-order chi connectivity index (χ1) is 8.97. The van der Waals surface area contributed by atoms with Gasteiger partial charge in [0.2, 0.25) is 0 Å². The van der Waals surface area contributed by atoms with E-state index in [2.05, 4.69) is 10.2 Å². The molecule has 1 heterocycles. The molecule has 1 aromatic rings. The molecule has 1 fully saturated rings. The Balaban J connectivity index is 2.14. The van der Waals surface area contributed by atoms with Crippen molar-refractivity contribution in [1.29, 1.82) is 0 Å². The van der Waals surface area contributed by atoms with Gasteiger partial charge in [-0.25, -0.2) is 8.78 Å². The maximum absolute atomic E-state index is 13.9. The number of anilines is 1. The summed E-state index contributed by atoms with van der Waals surface area (Å²) < 4.78 is 27.7. The Bertz CT molecular complexity index is 462. The quantitative estimate of drug-likeness (QED) is 0.835. The van der Waals surface area contributed by atoms with E-state index in [1.54, 1.807) is 0 Å². The van der Waals surface area contributed by atoms with E-state index in [1.165, 1.54) is 12.1 Å². The number of hydrogen-bond donors (Lipinski definition) is 2. The molecule has 0 atom stereocenters. The van der Waals surface area contributed by atoms with E-state index < -0.39 is 11.6 Å². The molecule has 104 valence electrons. The van der Waals surface area contributed by atoms with Crippen LogP contribution in [-0.2, 0) is 0 Å². The van der Waals surface area contributed by atoms with Crippen molar-refractivity contribution in [2.75, 3.05) is 25.5 Å². The Morgan fingerprint density at radius 3 is 2.32 bits per heavy atom. The number of thiocarbonyl (C=S) groups is 1. The number of hydrogen-bond acceptors (Lipinski definition) is 3. The summed E-state index contributed by atoms with van der Waals surface area (Å²) in [6.07, 6.45) is 1.73. The minimum atomic E-state index is -0.651. The van der Waals surface area contributed by atoms with Crippen LogP contribution in [0.25, 0.3) is 0 Å². The number of piperidine rings is 1. The fourth-order valence-electron chi connectivity index (χ4n) is 2.21. The fourth-order valence-corrected chi connectivity index (χ4v) is 2.33. The van der Waals surface area contributed by atoms with Crippen LogP contribution in [0.2, 0.25) is 0 Å². The summed E-state index contributed by atoms with van der Waals surface area (Å²) in [7, 11) is 2.04. The molecule has 0 unspecified atom stereocenters. The third-order valence-electron chi connectivity index (χ3n) is 3.39. The van der Waals surface area contributed by atoms with Crippen LogP contribution in [0.15, 0.2) is 12.1 Å². The molecular weight excluding hydrogens is 268 g/mol. The van der Waals surface area contributed by atoms with E-state index in [-0.39, 0.29) is 22.3 Å². The number of benzene rings is 1. The molecule has 1 saturated heterocycles. The van der Waals surface area contributed by atoms with E-state index >= 15 is 0 Å². The van der Waals surface area contributed by atoms with E-state index in [0.717, 1.165) is 25.9 Å². The summed E-state index contributed by atoms with van der Waals surface area (Å²) in [6.45, 7) is 1.84. The van der Waals surface area contributed by atoms with Crippen molar-refractivity contribution in [3.8, 4) is 0 Å². The largest absolute Gasteiger partial charge is 0.389 e. The molecule has 1 aromatic carbocycles. The lowest BCUT2D eigenvalue weighted by molar-refractivity contribution is 0.263. The average molecular weight is 285 g/mol. The summed E-state index contributed by atoms with van der Waals surface area (Å²) in [5.41, 5.74) is 5.49. The molecule has 0 spiro atoms. The van der Waals surface area contributed by atoms with Gasteiger partial charge in [0.1, 0.15) is 22.3 Å². The van der Waals surface area contributed by atoms with Crippen LogP contribution < -0.4 is 11.1 Å². The highest BCUT2D eigenvalue weighted by Crippen LogP contribution is 2.24. The summed E-state index contributed by atoms with van der Waals surface area (Å²) in [6, 6.07) is 2.43. The van der Waals surface area contributed by atoms with Gasteiger partial charge in [0, 0.05) is 11.6 Å². The zero-order valence-electron chi connectivity index (χ0n) is 10.7. The topological polar surface area (TPSA) is 41.3 Å². The standard InChI is InChI=1S/C13H17F2N3S/c1-18-4-2-9(3-5-18)17-12-10(14)6-8(13(16)19)7-11(12)15/h6-7,9,17H,2-5H2,1H3,(H2,16,19). The van der Waals surface area contributed by atoms with Crippen molar-refractivity contribution in [1.82, 2.24) is 4.90 Å². The van der Waals surface area contributed by atoms with E-state index in [9.17, 15) is 8.78 Å². The second-order valence-electron chi connectivity index (χ2n) is 4.90. The minimum absolute atomic E-state index is 0.0105. The van der Waals surface area contributed by atoms with Gasteiger partial charge in [0.15, 0.2) is 0 Å². The molecule has 2 rings (SSSR count). The Labute approximate surface area is 116 Å². The van der Waals surface area contributed by atoms with Gasteiger partial charge in [-0.1, -0.05) is 12.2 Å². The van der Waals surface area contributed by atoms with Gasteiger partial charge in [-0.2, -0.15) is 0 Å². The fraction of sp³-hybridized carbons (Fsp3) is 0.462. The SMILES string of the molecule is CN1CCC(Nc2c(F)cc(C(N)=S)cc2F)CC1. The Morgan fingerprint density at radius 1 is 1.32 bits per heavy atom. The molecule has 6 heteroatoms. The van der Waals surface area contributed by atoms with Gasteiger partial charge in [-0.3, -0.25) is 0 Å². The molecule has 3 N–H and O–H groups in total. The van der Waals surface area contributed by atoms with Crippen molar-refractivity contribution in [3.05, 3.63) is 29.3 Å². The smallest absolute Gasteiger partial charge is 0.150 e. The lowest BCUT2D eigenvalue weighted by Crippen LogP contribution is -2.37. The number of nitrogens with one attached hydrogen (secondary N) is 1. The predicted octanol–water partition coefficient (Wildman–Crippen LogP) is 2.11. The summed E-state index contributed by atoms with van der Waals surface area (Å²) in [4.78, 5) is 2.18. The second-order valence-corrected chi connectivity index (χ2v) is 5.34. The number of rotatable bonds is 3. The van der Waals surface area contributed by atoms with Gasteiger partial charge in [-0.05, 0) is 45.1 Å². The molecule has 0 saturated carbocycles. The molecule has 1 aliphatic rings. The second kappa shape index (κ2) is 5.79. The van der Waals surface area contributed by atoms with Crippen molar-refractivity contribution in [2.45, 2.75) is 18.9 Å². The van der Waals surface area contributed by atoms with Crippen LogP contribution in [-0.4, -0.2) is 36.1 Å². The Kier molecular flexibility index (Phi) is 4.31. The molecule has 19 heavy (non-hydrogen) atoms. The van der Waals surface area contributed by atoms with Crippen LogP contribution >= 0.6 is 12.2 Å². The summed E-state index contributed by atoms with van der Waals surface area (Å²) >= 11 is 4.72. The molecule has 0 aliphatic carbocycles. The number of nitrogens with two attached hydrogens (primary N) is 1. The maximum Gasteiger partial charge on any atom is 0.150 e.